The molecule has 26 heavy (non-hydrogen) atoms. The van der Waals surface area contributed by atoms with Crippen molar-refractivity contribution in [1.82, 2.24) is 0 Å². The molecule has 0 spiro atoms. The summed E-state index contributed by atoms with van der Waals surface area (Å²) in [4.78, 5) is 12.6. The summed E-state index contributed by atoms with van der Waals surface area (Å²) in [7, 11) is 0. The van der Waals surface area contributed by atoms with Gasteiger partial charge in [0.1, 0.15) is 0 Å². The molecule has 1 aromatic rings. The minimum atomic E-state index is -0.396. The van der Waals surface area contributed by atoms with Gasteiger partial charge in [-0.2, -0.15) is 0 Å². The first-order valence-corrected chi connectivity index (χ1v) is 9.09. The van der Waals surface area contributed by atoms with Crippen LogP contribution >= 0.6 is 24.8 Å². The van der Waals surface area contributed by atoms with E-state index in [0.717, 1.165) is 63.1 Å². The molecule has 2 aliphatic rings. The fourth-order valence-electron chi connectivity index (χ4n) is 3.75. The van der Waals surface area contributed by atoms with Gasteiger partial charge in [-0.3, -0.25) is 4.79 Å². The number of anilines is 2. The number of benzene rings is 1. The smallest absolute Gasteiger partial charge is 0.229 e. The summed E-state index contributed by atoms with van der Waals surface area (Å²) in [6.45, 7) is 3.65. The standard InChI is InChI=1S/C19H29N3O2.2ClH/c1-19(20)11-3-2-4-17(19)18(23)22-15-7-5-14(6-8-15)21-16-9-12-24-13-10-16;;/h5-8,16-17,21H,2-4,9-13,20H2,1H3,(H,22,23);2*1H. The monoisotopic (exact) mass is 403 g/mol. The van der Waals surface area contributed by atoms with Crippen molar-refractivity contribution in [3.63, 3.8) is 0 Å². The van der Waals surface area contributed by atoms with Crippen LogP contribution in [-0.2, 0) is 9.53 Å². The molecule has 1 saturated carbocycles. The molecule has 0 bridgehead atoms. The number of ether oxygens (including phenoxy) is 1. The van der Waals surface area contributed by atoms with Crippen molar-refractivity contribution in [2.75, 3.05) is 23.8 Å². The predicted molar refractivity (Wildman–Crippen MR) is 112 cm³/mol. The van der Waals surface area contributed by atoms with Crippen molar-refractivity contribution >= 4 is 42.1 Å². The fourth-order valence-corrected chi connectivity index (χ4v) is 3.75. The molecule has 0 aromatic heterocycles. The molecule has 1 aliphatic carbocycles. The number of amides is 1. The van der Waals surface area contributed by atoms with Gasteiger partial charge < -0.3 is 21.1 Å². The third-order valence-electron chi connectivity index (χ3n) is 5.32. The van der Waals surface area contributed by atoms with Gasteiger partial charge >= 0.3 is 0 Å². The summed E-state index contributed by atoms with van der Waals surface area (Å²) in [5.41, 5.74) is 7.84. The fraction of sp³-hybridized carbons (Fsp3) is 0.632. The SMILES string of the molecule is CC1(N)CCCCC1C(=O)Nc1ccc(NC2CCOCC2)cc1.Cl.Cl. The second-order valence-electron chi connectivity index (χ2n) is 7.40. The molecule has 1 aliphatic heterocycles. The van der Waals surface area contributed by atoms with Crippen LogP contribution in [-0.4, -0.2) is 30.7 Å². The first-order valence-electron chi connectivity index (χ1n) is 9.09. The molecule has 1 aromatic carbocycles. The Labute approximate surface area is 168 Å². The van der Waals surface area contributed by atoms with Crippen LogP contribution in [0, 0.1) is 5.92 Å². The van der Waals surface area contributed by atoms with E-state index in [0.29, 0.717) is 6.04 Å². The van der Waals surface area contributed by atoms with E-state index >= 15 is 0 Å². The molecular weight excluding hydrogens is 373 g/mol. The lowest BCUT2D eigenvalue weighted by Gasteiger charge is -2.37. The van der Waals surface area contributed by atoms with Crippen LogP contribution in [0.25, 0.3) is 0 Å². The zero-order valence-corrected chi connectivity index (χ0v) is 17.0. The normalized spacial score (nSPS) is 26.2. The Balaban J connectivity index is 0.00000169. The van der Waals surface area contributed by atoms with Gasteiger partial charge in [0.2, 0.25) is 5.91 Å². The first kappa shape index (κ1) is 23.0. The first-order chi connectivity index (χ1) is 11.5. The van der Waals surface area contributed by atoms with Crippen molar-refractivity contribution in [3.05, 3.63) is 24.3 Å². The molecule has 0 radical (unpaired) electrons. The second-order valence-corrected chi connectivity index (χ2v) is 7.40. The number of carbonyl (C=O) groups excluding carboxylic acids is 1. The highest BCUT2D eigenvalue weighted by molar-refractivity contribution is 5.93. The van der Waals surface area contributed by atoms with Crippen molar-refractivity contribution in [2.24, 2.45) is 11.7 Å². The highest BCUT2D eigenvalue weighted by Crippen LogP contribution is 2.32. The molecule has 148 valence electrons. The van der Waals surface area contributed by atoms with Crippen molar-refractivity contribution in [2.45, 2.75) is 57.0 Å². The Morgan fingerprint density at radius 1 is 1.08 bits per heavy atom. The summed E-state index contributed by atoms with van der Waals surface area (Å²) in [6, 6.07) is 8.42. The maximum atomic E-state index is 12.6. The third-order valence-corrected chi connectivity index (χ3v) is 5.32. The Kier molecular flexibility index (Phi) is 9.17. The number of hydrogen-bond acceptors (Lipinski definition) is 4. The number of hydrogen-bond donors (Lipinski definition) is 3. The zero-order chi connectivity index (χ0) is 17.0. The summed E-state index contributed by atoms with van der Waals surface area (Å²) in [5, 5.41) is 6.56. The van der Waals surface area contributed by atoms with Crippen LogP contribution in [0.3, 0.4) is 0 Å². The number of nitrogens with one attached hydrogen (secondary N) is 2. The topological polar surface area (TPSA) is 76.4 Å². The van der Waals surface area contributed by atoms with E-state index in [-0.39, 0.29) is 36.6 Å². The summed E-state index contributed by atoms with van der Waals surface area (Å²) < 4.78 is 5.38. The molecule has 2 fully saturated rings. The van der Waals surface area contributed by atoms with E-state index in [1.807, 2.05) is 31.2 Å². The van der Waals surface area contributed by atoms with Crippen LogP contribution in [0.1, 0.15) is 45.4 Å². The summed E-state index contributed by atoms with van der Waals surface area (Å²) in [6.07, 6.45) is 6.06. The highest BCUT2D eigenvalue weighted by atomic mass is 35.5. The van der Waals surface area contributed by atoms with Gasteiger partial charge in [-0.15, -0.1) is 24.8 Å². The Morgan fingerprint density at radius 2 is 1.69 bits per heavy atom. The quantitative estimate of drug-likeness (QED) is 0.710. The Morgan fingerprint density at radius 3 is 2.31 bits per heavy atom. The summed E-state index contributed by atoms with van der Waals surface area (Å²) >= 11 is 0. The number of halogens is 2. The molecule has 2 unspecified atom stereocenters. The van der Waals surface area contributed by atoms with Crippen LogP contribution in [0.2, 0.25) is 0 Å². The van der Waals surface area contributed by atoms with Crippen molar-refractivity contribution in [3.8, 4) is 0 Å². The van der Waals surface area contributed by atoms with Crippen LogP contribution in [0.4, 0.5) is 11.4 Å². The van der Waals surface area contributed by atoms with Crippen LogP contribution < -0.4 is 16.4 Å². The number of rotatable bonds is 4. The maximum absolute atomic E-state index is 12.6. The van der Waals surface area contributed by atoms with E-state index in [2.05, 4.69) is 10.6 Å². The van der Waals surface area contributed by atoms with E-state index in [1.54, 1.807) is 0 Å². The summed E-state index contributed by atoms with van der Waals surface area (Å²) in [5.74, 6) is -0.0591. The number of nitrogens with two attached hydrogens (primary N) is 1. The average Bonchev–Trinajstić information content (AvgIpc) is 2.57. The lowest BCUT2D eigenvalue weighted by Crippen LogP contribution is -2.51. The molecule has 7 heteroatoms. The molecule has 1 amide bonds. The molecule has 1 saturated heterocycles. The Bertz CT molecular complexity index is 560. The van der Waals surface area contributed by atoms with Gasteiger partial charge in [0, 0.05) is 36.2 Å². The van der Waals surface area contributed by atoms with Gasteiger partial charge in [-0.1, -0.05) is 12.8 Å². The molecule has 3 rings (SSSR count). The largest absolute Gasteiger partial charge is 0.382 e. The van der Waals surface area contributed by atoms with Gasteiger partial charge in [0.25, 0.3) is 0 Å². The van der Waals surface area contributed by atoms with Gasteiger partial charge in [0.05, 0.1) is 5.92 Å². The van der Waals surface area contributed by atoms with Gasteiger partial charge in [-0.25, -0.2) is 0 Å². The van der Waals surface area contributed by atoms with E-state index in [9.17, 15) is 4.79 Å². The van der Waals surface area contributed by atoms with E-state index in [1.165, 1.54) is 0 Å². The molecular formula is C19H31Cl2N3O2. The lowest BCUT2D eigenvalue weighted by atomic mass is 9.74. The van der Waals surface area contributed by atoms with Crippen LogP contribution in [0.5, 0.6) is 0 Å². The predicted octanol–water partition coefficient (Wildman–Crippen LogP) is 3.97. The average molecular weight is 404 g/mol. The second kappa shape index (κ2) is 10.4. The minimum absolute atomic E-state index is 0. The van der Waals surface area contributed by atoms with Crippen LogP contribution in [0.15, 0.2) is 24.3 Å². The molecule has 4 N–H and O–H groups in total. The van der Waals surface area contributed by atoms with E-state index in [4.69, 9.17) is 10.5 Å². The maximum Gasteiger partial charge on any atom is 0.229 e. The zero-order valence-electron chi connectivity index (χ0n) is 15.3. The van der Waals surface area contributed by atoms with Crippen molar-refractivity contribution in [1.29, 1.82) is 0 Å². The molecule has 2 atom stereocenters. The number of carbonyl (C=O) groups is 1. The molecule has 5 nitrogen and oxygen atoms in total. The van der Waals surface area contributed by atoms with Crippen molar-refractivity contribution < 1.29 is 9.53 Å². The lowest BCUT2D eigenvalue weighted by molar-refractivity contribution is -0.122. The van der Waals surface area contributed by atoms with Gasteiger partial charge in [-0.05, 0) is 56.9 Å². The minimum Gasteiger partial charge on any atom is -0.382 e. The molecule has 1 heterocycles. The van der Waals surface area contributed by atoms with E-state index < -0.39 is 5.54 Å². The highest BCUT2D eigenvalue weighted by Gasteiger charge is 2.37. The third kappa shape index (κ3) is 6.02. The Hall–Kier alpha value is -1.01. The van der Waals surface area contributed by atoms with Gasteiger partial charge in [0.15, 0.2) is 0 Å².